The summed E-state index contributed by atoms with van der Waals surface area (Å²) in [6.45, 7) is 0. The average molecular weight is 248 g/mol. The summed E-state index contributed by atoms with van der Waals surface area (Å²) < 4.78 is 0. The lowest BCUT2D eigenvalue weighted by atomic mass is 10.1. The Balaban J connectivity index is 2.00. The number of amides is 1. The number of nitrogens with one attached hydrogen (secondary N) is 1. The number of nitrogens with two attached hydrogens (primary N) is 1. The van der Waals surface area contributed by atoms with E-state index in [4.69, 9.17) is 10.8 Å². The van der Waals surface area contributed by atoms with Gasteiger partial charge in [-0.05, 0) is 18.4 Å². The van der Waals surface area contributed by atoms with Gasteiger partial charge in [0.2, 0.25) is 5.91 Å². The van der Waals surface area contributed by atoms with Gasteiger partial charge >= 0.3 is 5.97 Å². The highest BCUT2D eigenvalue weighted by Crippen LogP contribution is 2.32. The van der Waals surface area contributed by atoms with Crippen molar-refractivity contribution in [1.82, 2.24) is 5.32 Å². The molecule has 0 spiro atoms. The van der Waals surface area contributed by atoms with E-state index in [2.05, 4.69) is 5.32 Å². The minimum atomic E-state index is -1.04. The van der Waals surface area contributed by atoms with Gasteiger partial charge in [-0.15, -0.1) is 0 Å². The zero-order chi connectivity index (χ0) is 13.2. The minimum Gasteiger partial charge on any atom is -0.480 e. The number of carbonyl (C=O) groups excluding carboxylic acids is 1. The third-order valence-electron chi connectivity index (χ3n) is 3.13. The van der Waals surface area contributed by atoms with Gasteiger partial charge < -0.3 is 16.2 Å². The Labute approximate surface area is 105 Å². The fourth-order valence-corrected chi connectivity index (χ4v) is 1.71. The molecule has 1 fully saturated rings. The average Bonchev–Trinajstić information content (AvgIpc) is 3.09. The first-order valence-electron chi connectivity index (χ1n) is 5.88. The largest absolute Gasteiger partial charge is 0.480 e. The SMILES string of the molecule is NC1(C(=O)N[C@@H](Cc2ccccc2)C(=O)O)CC1. The number of carboxylic acid groups (broad SMARTS) is 1. The summed E-state index contributed by atoms with van der Waals surface area (Å²) in [5.41, 5.74) is 5.75. The van der Waals surface area contributed by atoms with E-state index in [1.165, 1.54) is 0 Å². The summed E-state index contributed by atoms with van der Waals surface area (Å²) >= 11 is 0. The topological polar surface area (TPSA) is 92.4 Å². The monoisotopic (exact) mass is 248 g/mol. The number of hydrogen-bond acceptors (Lipinski definition) is 3. The predicted octanol–water partition coefficient (Wildman–Crippen LogP) is 0.290. The van der Waals surface area contributed by atoms with Crippen LogP contribution in [0.1, 0.15) is 18.4 Å². The lowest BCUT2D eigenvalue weighted by molar-refractivity contribution is -0.142. The van der Waals surface area contributed by atoms with Crippen molar-refractivity contribution in [2.75, 3.05) is 0 Å². The molecular formula is C13H16N2O3. The molecule has 5 nitrogen and oxygen atoms in total. The fourth-order valence-electron chi connectivity index (χ4n) is 1.71. The second-order valence-electron chi connectivity index (χ2n) is 4.71. The molecule has 0 saturated heterocycles. The molecule has 4 N–H and O–H groups in total. The molecule has 1 amide bonds. The first-order chi connectivity index (χ1) is 8.51. The highest BCUT2D eigenvalue weighted by molar-refractivity contribution is 5.92. The number of aliphatic carboxylic acids is 1. The van der Waals surface area contributed by atoms with E-state index in [0.717, 1.165) is 5.56 Å². The van der Waals surface area contributed by atoms with Gasteiger partial charge in [-0.1, -0.05) is 30.3 Å². The quantitative estimate of drug-likeness (QED) is 0.698. The van der Waals surface area contributed by atoms with E-state index in [-0.39, 0.29) is 12.3 Å². The molecule has 0 aliphatic heterocycles. The van der Waals surface area contributed by atoms with Gasteiger partial charge in [-0.3, -0.25) is 4.79 Å². The van der Waals surface area contributed by atoms with Gasteiger partial charge in [0, 0.05) is 6.42 Å². The Morgan fingerprint density at radius 2 is 1.94 bits per heavy atom. The van der Waals surface area contributed by atoms with Crippen LogP contribution in [-0.4, -0.2) is 28.6 Å². The molecule has 1 aromatic carbocycles. The normalized spacial score (nSPS) is 17.8. The van der Waals surface area contributed by atoms with Crippen molar-refractivity contribution in [2.45, 2.75) is 30.8 Å². The van der Waals surface area contributed by atoms with Crippen LogP contribution < -0.4 is 11.1 Å². The van der Waals surface area contributed by atoms with Crippen molar-refractivity contribution in [3.05, 3.63) is 35.9 Å². The number of hydrogen-bond donors (Lipinski definition) is 3. The maximum absolute atomic E-state index is 11.7. The number of carbonyl (C=O) groups is 2. The Morgan fingerprint density at radius 1 is 1.33 bits per heavy atom. The summed E-state index contributed by atoms with van der Waals surface area (Å²) in [5, 5.41) is 11.6. The van der Waals surface area contributed by atoms with Crippen LogP contribution in [0.4, 0.5) is 0 Å². The second kappa shape index (κ2) is 4.78. The molecule has 0 unspecified atom stereocenters. The van der Waals surface area contributed by atoms with Crippen LogP contribution in [-0.2, 0) is 16.0 Å². The molecule has 96 valence electrons. The highest BCUT2D eigenvalue weighted by atomic mass is 16.4. The summed E-state index contributed by atoms with van der Waals surface area (Å²) in [5.74, 6) is -1.41. The molecule has 0 aromatic heterocycles. The van der Waals surface area contributed by atoms with Crippen LogP contribution in [0.2, 0.25) is 0 Å². The van der Waals surface area contributed by atoms with Crippen molar-refractivity contribution in [1.29, 1.82) is 0 Å². The molecule has 1 aromatic rings. The highest BCUT2D eigenvalue weighted by Gasteiger charge is 2.46. The fraction of sp³-hybridized carbons (Fsp3) is 0.385. The van der Waals surface area contributed by atoms with E-state index < -0.39 is 17.6 Å². The maximum atomic E-state index is 11.7. The second-order valence-corrected chi connectivity index (χ2v) is 4.71. The van der Waals surface area contributed by atoms with Crippen LogP contribution in [0.3, 0.4) is 0 Å². The molecule has 1 aliphatic carbocycles. The first-order valence-corrected chi connectivity index (χ1v) is 5.88. The Kier molecular flexibility index (Phi) is 3.34. The summed E-state index contributed by atoms with van der Waals surface area (Å²) in [7, 11) is 0. The molecule has 0 heterocycles. The molecule has 1 atom stereocenters. The van der Waals surface area contributed by atoms with E-state index in [9.17, 15) is 9.59 Å². The molecule has 5 heteroatoms. The number of carboxylic acids is 1. The Morgan fingerprint density at radius 3 is 2.44 bits per heavy atom. The van der Waals surface area contributed by atoms with Crippen molar-refractivity contribution >= 4 is 11.9 Å². The molecule has 0 radical (unpaired) electrons. The zero-order valence-electron chi connectivity index (χ0n) is 9.93. The summed E-state index contributed by atoms with van der Waals surface area (Å²) in [4.78, 5) is 22.9. The third kappa shape index (κ3) is 2.87. The van der Waals surface area contributed by atoms with Crippen molar-refractivity contribution < 1.29 is 14.7 Å². The Bertz CT molecular complexity index is 455. The van der Waals surface area contributed by atoms with Gasteiger partial charge in [0.05, 0.1) is 5.54 Å². The molecule has 1 saturated carbocycles. The molecule has 1 aliphatic rings. The molecule has 18 heavy (non-hydrogen) atoms. The lowest BCUT2D eigenvalue weighted by Gasteiger charge is -2.17. The van der Waals surface area contributed by atoms with E-state index in [0.29, 0.717) is 12.8 Å². The molecule has 2 rings (SSSR count). The maximum Gasteiger partial charge on any atom is 0.326 e. The predicted molar refractivity (Wildman–Crippen MR) is 65.9 cm³/mol. The van der Waals surface area contributed by atoms with Crippen molar-refractivity contribution in [3.8, 4) is 0 Å². The molecular weight excluding hydrogens is 232 g/mol. The third-order valence-corrected chi connectivity index (χ3v) is 3.13. The number of benzene rings is 1. The summed E-state index contributed by atoms with van der Waals surface area (Å²) in [6.07, 6.45) is 1.50. The van der Waals surface area contributed by atoms with E-state index >= 15 is 0 Å². The summed E-state index contributed by atoms with van der Waals surface area (Å²) in [6, 6.07) is 8.26. The first kappa shape index (κ1) is 12.6. The standard InChI is InChI=1S/C13H16N2O3/c14-13(6-7-13)12(18)15-10(11(16)17)8-9-4-2-1-3-5-9/h1-5,10H,6-8,14H2,(H,15,18)(H,16,17)/t10-/m0/s1. The minimum absolute atomic E-state index is 0.262. The van der Waals surface area contributed by atoms with E-state index in [1.54, 1.807) is 0 Å². The van der Waals surface area contributed by atoms with Gasteiger partial charge in [0.1, 0.15) is 6.04 Å². The van der Waals surface area contributed by atoms with E-state index in [1.807, 2.05) is 30.3 Å². The van der Waals surface area contributed by atoms with Crippen LogP contribution in [0.15, 0.2) is 30.3 Å². The molecule has 0 bridgehead atoms. The Hall–Kier alpha value is -1.88. The smallest absolute Gasteiger partial charge is 0.326 e. The number of rotatable bonds is 5. The van der Waals surface area contributed by atoms with Gasteiger partial charge in [-0.25, -0.2) is 4.79 Å². The van der Waals surface area contributed by atoms with Crippen molar-refractivity contribution in [2.24, 2.45) is 5.73 Å². The van der Waals surface area contributed by atoms with Gasteiger partial charge in [0.15, 0.2) is 0 Å². The van der Waals surface area contributed by atoms with Crippen molar-refractivity contribution in [3.63, 3.8) is 0 Å². The van der Waals surface area contributed by atoms with Crippen LogP contribution >= 0.6 is 0 Å². The van der Waals surface area contributed by atoms with Gasteiger partial charge in [-0.2, -0.15) is 0 Å². The van der Waals surface area contributed by atoms with Crippen LogP contribution in [0.25, 0.3) is 0 Å². The zero-order valence-corrected chi connectivity index (χ0v) is 9.93. The van der Waals surface area contributed by atoms with Gasteiger partial charge in [0.25, 0.3) is 0 Å². The lowest BCUT2D eigenvalue weighted by Crippen LogP contribution is -2.50. The van der Waals surface area contributed by atoms with Crippen LogP contribution in [0.5, 0.6) is 0 Å². The van der Waals surface area contributed by atoms with Crippen LogP contribution in [0, 0.1) is 0 Å².